The normalized spacial score (nSPS) is 11.8. The predicted octanol–water partition coefficient (Wildman–Crippen LogP) is 4.88. The number of halogens is 3. The molecule has 28 heavy (non-hydrogen) atoms. The van der Waals surface area contributed by atoms with Crippen LogP contribution in [-0.4, -0.2) is 16.7 Å². The molecule has 1 aromatic heterocycles. The van der Waals surface area contributed by atoms with Crippen molar-refractivity contribution in [1.82, 2.24) is 9.99 Å². The van der Waals surface area contributed by atoms with Crippen molar-refractivity contribution in [3.05, 3.63) is 88.7 Å². The van der Waals surface area contributed by atoms with Gasteiger partial charge in [0, 0.05) is 28.2 Å². The molecule has 0 aliphatic carbocycles. The highest BCUT2D eigenvalue weighted by Gasteiger charge is 2.32. The van der Waals surface area contributed by atoms with E-state index in [1.165, 1.54) is 18.2 Å². The topological polar surface area (TPSA) is 46.4 Å². The van der Waals surface area contributed by atoms with Crippen molar-refractivity contribution in [2.24, 2.45) is 5.10 Å². The lowest BCUT2D eigenvalue weighted by Crippen LogP contribution is -2.18. The number of hydrogen-bond donors (Lipinski definition) is 1. The zero-order valence-corrected chi connectivity index (χ0v) is 15.3. The summed E-state index contributed by atoms with van der Waals surface area (Å²) in [7, 11) is 0. The lowest BCUT2D eigenvalue weighted by molar-refractivity contribution is -0.137. The van der Waals surface area contributed by atoms with Gasteiger partial charge in [0.1, 0.15) is 0 Å². The molecule has 0 unspecified atom stereocenters. The highest BCUT2D eigenvalue weighted by atomic mass is 19.4. The van der Waals surface area contributed by atoms with Crippen molar-refractivity contribution in [1.29, 1.82) is 0 Å². The first-order valence-electron chi connectivity index (χ1n) is 8.52. The van der Waals surface area contributed by atoms with Crippen LogP contribution < -0.4 is 5.43 Å². The minimum absolute atomic E-state index is 0.121. The number of hydrazone groups is 1. The number of aryl methyl sites for hydroxylation is 2. The van der Waals surface area contributed by atoms with E-state index in [9.17, 15) is 18.0 Å². The Morgan fingerprint density at radius 3 is 2.18 bits per heavy atom. The number of carbonyl (C=O) groups excluding carboxylic acids is 1. The van der Waals surface area contributed by atoms with Crippen molar-refractivity contribution in [2.75, 3.05) is 0 Å². The number of alkyl halides is 3. The van der Waals surface area contributed by atoms with Gasteiger partial charge in [-0.1, -0.05) is 18.2 Å². The molecule has 0 saturated carbocycles. The second kappa shape index (κ2) is 7.72. The molecule has 0 bridgehead atoms. The molecule has 1 heterocycles. The second-order valence-electron chi connectivity index (χ2n) is 6.28. The lowest BCUT2D eigenvalue weighted by atomic mass is 10.1. The van der Waals surface area contributed by atoms with E-state index in [4.69, 9.17) is 0 Å². The zero-order valence-electron chi connectivity index (χ0n) is 15.3. The minimum atomic E-state index is -4.49. The number of hydrogen-bond acceptors (Lipinski definition) is 2. The van der Waals surface area contributed by atoms with E-state index >= 15 is 0 Å². The molecule has 3 aromatic rings. The van der Waals surface area contributed by atoms with Crippen LogP contribution in [-0.2, 0) is 6.18 Å². The summed E-state index contributed by atoms with van der Waals surface area (Å²) in [4.78, 5) is 12.2. The fraction of sp³-hybridized carbons (Fsp3) is 0.143. The molecule has 144 valence electrons. The summed E-state index contributed by atoms with van der Waals surface area (Å²) in [6, 6.07) is 15.9. The molecule has 1 amide bonds. The zero-order chi connectivity index (χ0) is 20.3. The van der Waals surface area contributed by atoms with Crippen LogP contribution in [0.4, 0.5) is 13.2 Å². The molecule has 2 aromatic carbocycles. The summed E-state index contributed by atoms with van der Waals surface area (Å²) in [6.45, 7) is 3.97. The molecule has 1 N–H and O–H groups in total. The van der Waals surface area contributed by atoms with Crippen molar-refractivity contribution in [3.63, 3.8) is 0 Å². The number of benzene rings is 2. The van der Waals surface area contributed by atoms with Gasteiger partial charge >= 0.3 is 6.18 Å². The van der Waals surface area contributed by atoms with Crippen molar-refractivity contribution in [2.45, 2.75) is 20.0 Å². The molecule has 0 spiro atoms. The van der Waals surface area contributed by atoms with Crippen molar-refractivity contribution < 1.29 is 18.0 Å². The van der Waals surface area contributed by atoms with Gasteiger partial charge in [0.2, 0.25) is 0 Å². The van der Waals surface area contributed by atoms with Crippen LogP contribution in [0.2, 0.25) is 0 Å². The van der Waals surface area contributed by atoms with Gasteiger partial charge in [-0.05, 0) is 56.3 Å². The first kappa shape index (κ1) is 19.4. The van der Waals surface area contributed by atoms with E-state index in [1.54, 1.807) is 24.3 Å². The fourth-order valence-electron chi connectivity index (χ4n) is 2.93. The van der Waals surface area contributed by atoms with Crippen LogP contribution in [0.1, 0.15) is 32.9 Å². The highest BCUT2D eigenvalue weighted by molar-refractivity contribution is 5.95. The van der Waals surface area contributed by atoms with E-state index < -0.39 is 17.6 Å². The molecule has 0 saturated heterocycles. The van der Waals surface area contributed by atoms with Gasteiger partial charge in [0.15, 0.2) is 0 Å². The monoisotopic (exact) mass is 385 g/mol. The quantitative estimate of drug-likeness (QED) is 0.505. The summed E-state index contributed by atoms with van der Waals surface area (Å²) >= 11 is 0. The minimum Gasteiger partial charge on any atom is -0.319 e. The Balaban J connectivity index is 1.72. The van der Waals surface area contributed by atoms with E-state index in [1.807, 2.05) is 30.5 Å². The average Bonchev–Trinajstić information content (AvgIpc) is 3.00. The molecule has 0 fully saturated rings. The summed E-state index contributed by atoms with van der Waals surface area (Å²) in [5.74, 6) is -0.506. The van der Waals surface area contributed by atoms with Gasteiger partial charge in [0.25, 0.3) is 5.91 Å². The highest BCUT2D eigenvalue weighted by Crippen LogP contribution is 2.31. The Hall–Kier alpha value is -3.35. The number of nitrogens with zero attached hydrogens (tertiary/aromatic N) is 2. The third-order valence-electron chi connectivity index (χ3n) is 4.29. The number of aromatic nitrogens is 1. The Labute approximate surface area is 160 Å². The summed E-state index contributed by atoms with van der Waals surface area (Å²) in [6.07, 6.45) is -3.50. The SMILES string of the molecule is Cc1ccc(C)n1-c1ccc(C(=O)N/N=C\c2ccccc2C(F)(F)F)cc1. The lowest BCUT2D eigenvalue weighted by Gasteiger charge is -2.10. The molecule has 7 heteroatoms. The van der Waals surface area contributed by atoms with Gasteiger partial charge in [-0.3, -0.25) is 4.79 Å². The van der Waals surface area contributed by atoms with Crippen LogP contribution in [0.3, 0.4) is 0 Å². The maximum atomic E-state index is 13.0. The molecular weight excluding hydrogens is 367 g/mol. The van der Waals surface area contributed by atoms with Crippen LogP contribution in [0.25, 0.3) is 5.69 Å². The van der Waals surface area contributed by atoms with Crippen LogP contribution >= 0.6 is 0 Å². The third-order valence-corrected chi connectivity index (χ3v) is 4.29. The molecule has 0 aliphatic heterocycles. The molecule has 0 aliphatic rings. The summed E-state index contributed by atoms with van der Waals surface area (Å²) < 4.78 is 40.9. The maximum Gasteiger partial charge on any atom is 0.417 e. The van der Waals surface area contributed by atoms with Crippen LogP contribution in [0.15, 0.2) is 65.8 Å². The molecular formula is C21H18F3N3O. The van der Waals surface area contributed by atoms with Crippen LogP contribution in [0, 0.1) is 13.8 Å². The average molecular weight is 385 g/mol. The van der Waals surface area contributed by atoms with E-state index in [-0.39, 0.29) is 5.56 Å². The number of carbonyl (C=O) groups is 1. The third kappa shape index (κ3) is 4.14. The molecule has 3 rings (SSSR count). The first-order chi connectivity index (χ1) is 13.3. The summed E-state index contributed by atoms with van der Waals surface area (Å²) in [5.41, 5.74) is 4.74. The van der Waals surface area contributed by atoms with Gasteiger partial charge in [-0.25, -0.2) is 5.43 Å². The fourth-order valence-corrected chi connectivity index (χ4v) is 2.93. The second-order valence-corrected chi connectivity index (χ2v) is 6.28. The van der Waals surface area contributed by atoms with Crippen molar-refractivity contribution >= 4 is 12.1 Å². The Kier molecular flexibility index (Phi) is 5.35. The number of rotatable bonds is 4. The number of amides is 1. The standard InChI is InChI=1S/C21H18F3N3O/c1-14-7-8-15(2)27(14)18-11-9-16(10-12-18)20(28)26-25-13-17-5-3-4-6-19(17)21(22,23)24/h3-13H,1-2H3,(H,26,28)/b25-13-. The van der Waals surface area contributed by atoms with E-state index in [0.29, 0.717) is 5.56 Å². The van der Waals surface area contributed by atoms with Crippen molar-refractivity contribution in [3.8, 4) is 5.69 Å². The van der Waals surface area contributed by atoms with E-state index in [0.717, 1.165) is 29.4 Å². The van der Waals surface area contributed by atoms with Gasteiger partial charge in [-0.2, -0.15) is 18.3 Å². The molecule has 0 radical (unpaired) electrons. The smallest absolute Gasteiger partial charge is 0.319 e. The summed E-state index contributed by atoms with van der Waals surface area (Å²) in [5, 5.41) is 3.66. The number of nitrogens with one attached hydrogen (secondary N) is 1. The van der Waals surface area contributed by atoms with E-state index in [2.05, 4.69) is 10.5 Å². The Bertz CT molecular complexity index is 999. The molecule has 4 nitrogen and oxygen atoms in total. The Morgan fingerprint density at radius 1 is 0.964 bits per heavy atom. The first-order valence-corrected chi connectivity index (χ1v) is 8.52. The Morgan fingerprint density at radius 2 is 1.57 bits per heavy atom. The van der Waals surface area contributed by atoms with Gasteiger partial charge in [-0.15, -0.1) is 0 Å². The van der Waals surface area contributed by atoms with Crippen LogP contribution in [0.5, 0.6) is 0 Å². The largest absolute Gasteiger partial charge is 0.417 e. The molecule has 0 atom stereocenters. The maximum absolute atomic E-state index is 13.0. The van der Waals surface area contributed by atoms with Gasteiger partial charge in [0.05, 0.1) is 11.8 Å². The van der Waals surface area contributed by atoms with Gasteiger partial charge < -0.3 is 4.57 Å². The predicted molar refractivity (Wildman–Crippen MR) is 102 cm³/mol.